The summed E-state index contributed by atoms with van der Waals surface area (Å²) in [5.74, 6) is 0. The molecule has 1 nitrogen and oxygen atoms in total. The minimum absolute atomic E-state index is 0.296. The summed E-state index contributed by atoms with van der Waals surface area (Å²) in [5.41, 5.74) is 0. The summed E-state index contributed by atoms with van der Waals surface area (Å²) in [7, 11) is 0. The zero-order valence-electron chi connectivity index (χ0n) is 8.71. The van der Waals surface area contributed by atoms with E-state index in [0.29, 0.717) is 6.61 Å². The number of hydrogen-bond donors (Lipinski definition) is 1. The van der Waals surface area contributed by atoms with Gasteiger partial charge < -0.3 is 5.11 Å². The van der Waals surface area contributed by atoms with Crippen LogP contribution in [-0.2, 0) is 0 Å². The fraction of sp³-hybridized carbons (Fsp3) is 0.667. The van der Waals surface area contributed by atoms with Crippen molar-refractivity contribution in [2.45, 2.75) is 45.4 Å². The lowest BCUT2D eigenvalue weighted by atomic mass is 10.2. The minimum atomic E-state index is 0.296. The smallest absolute Gasteiger partial charge is 0.0433 e. The summed E-state index contributed by atoms with van der Waals surface area (Å²) in [6.45, 7) is 2.52. The Labute approximate surface area is 82.2 Å². The van der Waals surface area contributed by atoms with Gasteiger partial charge in [0, 0.05) is 6.61 Å². The Morgan fingerprint density at radius 3 is 2.08 bits per heavy atom. The zero-order chi connectivity index (χ0) is 9.78. The van der Waals surface area contributed by atoms with Crippen molar-refractivity contribution >= 4 is 0 Å². The summed E-state index contributed by atoms with van der Waals surface area (Å²) in [5, 5.41) is 8.51. The van der Waals surface area contributed by atoms with Gasteiger partial charge in [-0.2, -0.15) is 0 Å². The van der Waals surface area contributed by atoms with E-state index in [4.69, 9.17) is 5.11 Å². The quantitative estimate of drug-likeness (QED) is 0.450. The van der Waals surface area contributed by atoms with E-state index in [0.717, 1.165) is 12.8 Å². The summed E-state index contributed by atoms with van der Waals surface area (Å²) in [6, 6.07) is 0. The van der Waals surface area contributed by atoms with Crippen molar-refractivity contribution in [3.63, 3.8) is 0 Å². The van der Waals surface area contributed by atoms with Crippen LogP contribution in [0, 0.1) is 0 Å². The molecule has 13 heavy (non-hydrogen) atoms. The fourth-order valence-electron chi connectivity index (χ4n) is 1.07. The number of aliphatic hydroxyl groups is 1. The molecule has 0 atom stereocenters. The van der Waals surface area contributed by atoms with Gasteiger partial charge in [0.05, 0.1) is 0 Å². The average molecular weight is 182 g/mol. The molecule has 0 aromatic carbocycles. The van der Waals surface area contributed by atoms with Crippen molar-refractivity contribution in [1.82, 2.24) is 0 Å². The van der Waals surface area contributed by atoms with Crippen LogP contribution in [0.3, 0.4) is 0 Å². The van der Waals surface area contributed by atoms with Gasteiger partial charge in [-0.05, 0) is 25.7 Å². The molecule has 0 spiro atoms. The largest absolute Gasteiger partial charge is 0.396 e. The van der Waals surface area contributed by atoms with Gasteiger partial charge in [0.15, 0.2) is 0 Å². The molecule has 0 aromatic rings. The van der Waals surface area contributed by atoms with E-state index < -0.39 is 0 Å². The van der Waals surface area contributed by atoms with Gasteiger partial charge in [-0.1, -0.05) is 44.1 Å². The number of rotatable bonds is 8. The first-order valence-electron chi connectivity index (χ1n) is 5.34. The Hall–Kier alpha value is -0.560. The molecule has 0 amide bonds. The highest BCUT2D eigenvalue weighted by Gasteiger charge is 1.80. The first-order chi connectivity index (χ1) is 6.41. The van der Waals surface area contributed by atoms with Crippen LogP contribution in [0.5, 0.6) is 0 Å². The highest BCUT2D eigenvalue weighted by atomic mass is 16.2. The number of aliphatic hydroxyl groups excluding tert-OH is 1. The molecular formula is C12H22O. The van der Waals surface area contributed by atoms with Crippen molar-refractivity contribution in [3.05, 3.63) is 24.3 Å². The van der Waals surface area contributed by atoms with Crippen molar-refractivity contribution < 1.29 is 5.11 Å². The van der Waals surface area contributed by atoms with E-state index in [1.807, 2.05) is 0 Å². The summed E-state index contributed by atoms with van der Waals surface area (Å²) in [4.78, 5) is 0. The molecule has 0 saturated heterocycles. The topological polar surface area (TPSA) is 20.2 Å². The monoisotopic (exact) mass is 182 g/mol. The van der Waals surface area contributed by atoms with Crippen LogP contribution in [0.1, 0.15) is 45.4 Å². The maximum Gasteiger partial charge on any atom is 0.0433 e. The van der Waals surface area contributed by atoms with Gasteiger partial charge in [-0.3, -0.25) is 0 Å². The molecular weight excluding hydrogens is 160 g/mol. The van der Waals surface area contributed by atoms with Crippen LogP contribution in [0.2, 0.25) is 0 Å². The highest BCUT2D eigenvalue weighted by molar-refractivity contribution is 5.02. The van der Waals surface area contributed by atoms with Crippen LogP contribution in [-0.4, -0.2) is 11.7 Å². The summed E-state index contributed by atoms with van der Waals surface area (Å²) < 4.78 is 0. The van der Waals surface area contributed by atoms with Crippen LogP contribution < -0.4 is 0 Å². The van der Waals surface area contributed by atoms with E-state index in [2.05, 4.69) is 31.2 Å². The highest BCUT2D eigenvalue weighted by Crippen LogP contribution is 1.99. The molecule has 0 radical (unpaired) electrons. The molecule has 0 bridgehead atoms. The van der Waals surface area contributed by atoms with Crippen LogP contribution in [0.15, 0.2) is 24.3 Å². The molecule has 0 aromatic heterocycles. The summed E-state index contributed by atoms with van der Waals surface area (Å²) in [6.07, 6.45) is 15.5. The molecule has 0 unspecified atom stereocenters. The van der Waals surface area contributed by atoms with Crippen molar-refractivity contribution in [1.29, 1.82) is 0 Å². The molecule has 0 aliphatic heterocycles. The van der Waals surface area contributed by atoms with E-state index in [-0.39, 0.29) is 0 Å². The lowest BCUT2D eigenvalue weighted by molar-refractivity contribution is 0.289. The molecule has 76 valence electrons. The average Bonchev–Trinajstić information content (AvgIpc) is 2.16. The van der Waals surface area contributed by atoms with E-state index >= 15 is 0 Å². The fourth-order valence-corrected chi connectivity index (χ4v) is 1.07. The second-order valence-corrected chi connectivity index (χ2v) is 3.22. The molecule has 1 N–H and O–H groups in total. The molecule has 0 fully saturated rings. The SMILES string of the molecule is CCCCC/C=C\C=C\CCCO. The Balaban J connectivity index is 3.15. The molecule has 0 aliphatic rings. The maximum absolute atomic E-state index is 8.51. The predicted octanol–water partition coefficient (Wildman–Crippen LogP) is 3.45. The Kier molecular flexibility index (Phi) is 10.9. The second kappa shape index (κ2) is 11.4. The molecule has 1 heteroatoms. The summed E-state index contributed by atoms with van der Waals surface area (Å²) >= 11 is 0. The molecule has 0 aliphatic carbocycles. The second-order valence-electron chi connectivity index (χ2n) is 3.22. The molecule has 0 saturated carbocycles. The maximum atomic E-state index is 8.51. The van der Waals surface area contributed by atoms with Crippen molar-refractivity contribution in [2.75, 3.05) is 6.61 Å². The van der Waals surface area contributed by atoms with E-state index in [1.54, 1.807) is 0 Å². The van der Waals surface area contributed by atoms with Crippen LogP contribution in [0.25, 0.3) is 0 Å². The number of unbranched alkanes of at least 4 members (excludes halogenated alkanes) is 4. The Morgan fingerprint density at radius 1 is 0.923 bits per heavy atom. The number of hydrogen-bond acceptors (Lipinski definition) is 1. The zero-order valence-corrected chi connectivity index (χ0v) is 8.71. The first-order valence-corrected chi connectivity index (χ1v) is 5.34. The van der Waals surface area contributed by atoms with Crippen molar-refractivity contribution in [2.24, 2.45) is 0 Å². The van der Waals surface area contributed by atoms with Gasteiger partial charge in [0.25, 0.3) is 0 Å². The van der Waals surface area contributed by atoms with Crippen LogP contribution >= 0.6 is 0 Å². The third kappa shape index (κ3) is 11.4. The standard InChI is InChI=1S/C12H22O/c1-2-3-4-5-6-7-8-9-10-11-12-13/h6-9,13H,2-5,10-12H2,1H3/b7-6-,9-8+. The van der Waals surface area contributed by atoms with Crippen LogP contribution in [0.4, 0.5) is 0 Å². The minimum Gasteiger partial charge on any atom is -0.396 e. The lowest BCUT2D eigenvalue weighted by Gasteiger charge is -1.90. The third-order valence-corrected chi connectivity index (χ3v) is 1.89. The molecule has 0 rings (SSSR count). The predicted molar refractivity (Wildman–Crippen MR) is 58.7 cm³/mol. The van der Waals surface area contributed by atoms with Gasteiger partial charge >= 0.3 is 0 Å². The van der Waals surface area contributed by atoms with E-state index in [9.17, 15) is 0 Å². The van der Waals surface area contributed by atoms with Gasteiger partial charge in [0.1, 0.15) is 0 Å². The van der Waals surface area contributed by atoms with Crippen molar-refractivity contribution in [3.8, 4) is 0 Å². The lowest BCUT2D eigenvalue weighted by Crippen LogP contribution is -1.77. The molecule has 0 heterocycles. The van der Waals surface area contributed by atoms with Gasteiger partial charge in [-0.15, -0.1) is 0 Å². The number of allylic oxidation sites excluding steroid dienone is 4. The first kappa shape index (κ1) is 12.4. The third-order valence-electron chi connectivity index (χ3n) is 1.89. The Morgan fingerprint density at radius 2 is 1.54 bits per heavy atom. The normalized spacial score (nSPS) is 11.8. The van der Waals surface area contributed by atoms with Gasteiger partial charge in [0.2, 0.25) is 0 Å². The van der Waals surface area contributed by atoms with E-state index in [1.165, 1.54) is 25.7 Å². The Bertz CT molecular complexity index is 136. The van der Waals surface area contributed by atoms with Gasteiger partial charge in [-0.25, -0.2) is 0 Å².